The number of ether oxygens (including phenoxy) is 2. The number of fused-ring (bicyclic) bond motifs is 1. The first-order chi connectivity index (χ1) is 15.5. The van der Waals surface area contributed by atoms with Gasteiger partial charge in [0, 0.05) is 34.9 Å². The molecule has 0 aromatic rings. The van der Waals surface area contributed by atoms with E-state index in [1.54, 1.807) is 51.2 Å². The highest BCUT2D eigenvalue weighted by atomic mass is 32.2. The van der Waals surface area contributed by atoms with Crippen molar-refractivity contribution in [3.8, 4) is 0 Å². The largest absolute Gasteiger partial charge is 0.427 e. The van der Waals surface area contributed by atoms with E-state index in [2.05, 4.69) is 9.89 Å². The zero-order valence-corrected chi connectivity index (χ0v) is 21.2. The first kappa shape index (κ1) is 24.4. The Labute approximate surface area is 202 Å². The number of amides is 1. The van der Waals surface area contributed by atoms with Crippen LogP contribution in [0.2, 0.25) is 0 Å². The molecule has 11 heteroatoms. The second-order valence-corrected chi connectivity index (χ2v) is 12.3. The number of aliphatic imine (C=N–C) groups is 1. The number of rotatable bonds is 6. The van der Waals surface area contributed by atoms with E-state index in [4.69, 9.17) is 9.47 Å². The zero-order chi connectivity index (χ0) is 24.1. The standard InChI is InChI=1S/C22H31N3O6S2/c1-11-15-14(12(2)26)18(27)25(15)16(19(28)30-10-31-20(29)22(3,4)5)17(11)33-13-8-24(9-13)21-23-6-7-32-21/h11-15,26H,6-10H2,1-5H3/t11-,12-,14+,15-/m1/s1. The van der Waals surface area contributed by atoms with Gasteiger partial charge in [-0.15, -0.1) is 11.8 Å². The number of esters is 2. The van der Waals surface area contributed by atoms with Crippen molar-refractivity contribution in [2.45, 2.75) is 52.0 Å². The van der Waals surface area contributed by atoms with Crippen LogP contribution in [0.4, 0.5) is 0 Å². The lowest BCUT2D eigenvalue weighted by Crippen LogP contribution is -2.63. The van der Waals surface area contributed by atoms with Crippen LogP contribution in [-0.2, 0) is 23.9 Å². The van der Waals surface area contributed by atoms with Crippen LogP contribution >= 0.6 is 23.5 Å². The van der Waals surface area contributed by atoms with Crippen molar-refractivity contribution in [3.05, 3.63) is 10.6 Å². The number of aliphatic hydroxyl groups is 1. The highest BCUT2D eigenvalue weighted by Crippen LogP contribution is 2.52. The second kappa shape index (κ2) is 9.14. The minimum absolute atomic E-state index is 0.0979. The first-order valence-electron chi connectivity index (χ1n) is 11.2. The number of nitrogens with zero attached hydrogens (tertiary/aromatic N) is 3. The molecule has 33 heavy (non-hydrogen) atoms. The molecule has 4 aliphatic rings. The molecule has 1 amide bonds. The Balaban J connectivity index is 1.47. The number of β-lactam (4-membered cyclic amide) rings is 1. The molecule has 4 aliphatic heterocycles. The Kier molecular flexibility index (Phi) is 6.76. The van der Waals surface area contributed by atoms with Gasteiger partial charge in [-0.05, 0) is 27.7 Å². The first-order valence-corrected chi connectivity index (χ1v) is 13.1. The van der Waals surface area contributed by atoms with Crippen LogP contribution in [0.1, 0.15) is 34.6 Å². The average molecular weight is 498 g/mol. The van der Waals surface area contributed by atoms with Gasteiger partial charge in [0.1, 0.15) is 5.70 Å². The third kappa shape index (κ3) is 4.51. The Hall–Kier alpha value is -1.72. The Bertz CT molecular complexity index is 906. The summed E-state index contributed by atoms with van der Waals surface area (Å²) in [5, 5.41) is 11.5. The summed E-state index contributed by atoms with van der Waals surface area (Å²) in [6.07, 6.45) is -0.799. The maximum Gasteiger partial charge on any atom is 0.358 e. The number of carbonyl (C=O) groups excluding carboxylic acids is 3. The third-order valence-electron chi connectivity index (χ3n) is 6.28. The normalized spacial score (nSPS) is 28.2. The maximum absolute atomic E-state index is 13.0. The Morgan fingerprint density at radius 3 is 2.58 bits per heavy atom. The molecule has 0 spiro atoms. The molecule has 0 bridgehead atoms. The van der Waals surface area contributed by atoms with E-state index in [0.29, 0.717) is 0 Å². The highest BCUT2D eigenvalue weighted by Gasteiger charge is 2.60. The summed E-state index contributed by atoms with van der Waals surface area (Å²) in [5.41, 5.74) is -0.493. The molecule has 4 atom stereocenters. The molecule has 0 aromatic heterocycles. The summed E-state index contributed by atoms with van der Waals surface area (Å²) < 4.78 is 10.3. The van der Waals surface area contributed by atoms with Crippen LogP contribution in [0, 0.1) is 17.3 Å². The molecular weight excluding hydrogens is 466 g/mol. The number of likely N-dealkylation sites (tertiary alicyclic amines) is 1. The lowest BCUT2D eigenvalue weighted by molar-refractivity contribution is -0.175. The van der Waals surface area contributed by atoms with E-state index in [1.165, 1.54) is 4.90 Å². The quantitative estimate of drug-likeness (QED) is 0.333. The number of aliphatic hydroxyl groups excluding tert-OH is 1. The van der Waals surface area contributed by atoms with E-state index in [-0.39, 0.29) is 28.8 Å². The summed E-state index contributed by atoms with van der Waals surface area (Å²) in [5.74, 6) is -1.06. The SMILES string of the molecule is C[C@@H](O)[C@@H]1C(=O)N2C(C(=O)OCOC(=O)C(C)(C)C)=C(SC3CN(C4=NCCS4)C3)[C@H](C)[C@H]12. The van der Waals surface area contributed by atoms with E-state index in [9.17, 15) is 19.5 Å². The molecule has 182 valence electrons. The molecule has 4 heterocycles. The number of thioether (sulfide) groups is 2. The van der Waals surface area contributed by atoms with Gasteiger partial charge in [0.2, 0.25) is 12.7 Å². The van der Waals surface area contributed by atoms with Crippen LogP contribution in [0.25, 0.3) is 0 Å². The van der Waals surface area contributed by atoms with E-state index < -0.39 is 36.2 Å². The van der Waals surface area contributed by atoms with Crippen LogP contribution in [0.5, 0.6) is 0 Å². The van der Waals surface area contributed by atoms with Crippen molar-refractivity contribution in [2.75, 3.05) is 32.2 Å². The van der Waals surface area contributed by atoms with Gasteiger partial charge < -0.3 is 24.4 Å². The van der Waals surface area contributed by atoms with E-state index in [0.717, 1.165) is 35.5 Å². The van der Waals surface area contributed by atoms with Crippen molar-refractivity contribution in [1.82, 2.24) is 9.80 Å². The Morgan fingerprint density at radius 1 is 1.30 bits per heavy atom. The summed E-state index contributed by atoms with van der Waals surface area (Å²) in [7, 11) is 0. The van der Waals surface area contributed by atoms with Crippen LogP contribution < -0.4 is 0 Å². The maximum atomic E-state index is 13.0. The monoisotopic (exact) mass is 497 g/mol. The number of carbonyl (C=O) groups is 3. The minimum atomic E-state index is -0.799. The molecule has 0 aromatic carbocycles. The van der Waals surface area contributed by atoms with Gasteiger partial charge in [-0.3, -0.25) is 14.6 Å². The van der Waals surface area contributed by atoms with Crippen molar-refractivity contribution in [1.29, 1.82) is 0 Å². The van der Waals surface area contributed by atoms with Crippen molar-refractivity contribution in [2.24, 2.45) is 22.2 Å². The average Bonchev–Trinajstić information content (AvgIpc) is 3.29. The predicted octanol–water partition coefficient (Wildman–Crippen LogP) is 1.67. The topological polar surface area (TPSA) is 109 Å². The number of amidine groups is 1. The zero-order valence-electron chi connectivity index (χ0n) is 19.6. The van der Waals surface area contributed by atoms with Crippen molar-refractivity contribution < 1.29 is 29.0 Å². The van der Waals surface area contributed by atoms with E-state index >= 15 is 0 Å². The molecular formula is C22H31N3O6S2. The van der Waals surface area contributed by atoms with Gasteiger partial charge in [0.05, 0.1) is 30.0 Å². The lowest BCUT2D eigenvalue weighted by Gasteiger charge is -2.46. The fourth-order valence-electron chi connectivity index (χ4n) is 4.45. The van der Waals surface area contributed by atoms with E-state index in [1.807, 2.05) is 6.92 Å². The molecule has 0 radical (unpaired) electrons. The van der Waals surface area contributed by atoms with Gasteiger partial charge in [0.25, 0.3) is 0 Å². The minimum Gasteiger partial charge on any atom is -0.427 e. The smallest absolute Gasteiger partial charge is 0.358 e. The molecule has 4 rings (SSSR count). The number of hydrogen-bond acceptors (Lipinski definition) is 10. The Morgan fingerprint density at radius 2 is 2.00 bits per heavy atom. The summed E-state index contributed by atoms with van der Waals surface area (Å²) in [4.78, 5) is 46.8. The fourth-order valence-corrected chi connectivity index (χ4v) is 6.85. The fraction of sp³-hybridized carbons (Fsp3) is 0.727. The summed E-state index contributed by atoms with van der Waals surface area (Å²) >= 11 is 3.36. The van der Waals surface area contributed by atoms with Crippen LogP contribution in [0.3, 0.4) is 0 Å². The highest BCUT2D eigenvalue weighted by molar-refractivity contribution is 8.14. The molecule has 9 nitrogen and oxygen atoms in total. The van der Waals surface area contributed by atoms with Gasteiger partial charge in [-0.1, -0.05) is 18.7 Å². The number of hydrogen-bond donors (Lipinski definition) is 1. The van der Waals surface area contributed by atoms with Gasteiger partial charge in [-0.25, -0.2) is 4.79 Å². The molecule has 0 saturated carbocycles. The van der Waals surface area contributed by atoms with Gasteiger partial charge in [-0.2, -0.15) is 0 Å². The van der Waals surface area contributed by atoms with Crippen LogP contribution in [0.15, 0.2) is 15.6 Å². The van der Waals surface area contributed by atoms with Crippen LogP contribution in [-0.4, -0.2) is 87.5 Å². The van der Waals surface area contributed by atoms with Gasteiger partial charge >= 0.3 is 11.9 Å². The molecule has 2 saturated heterocycles. The van der Waals surface area contributed by atoms with Crippen molar-refractivity contribution >= 4 is 46.5 Å². The van der Waals surface area contributed by atoms with Crippen molar-refractivity contribution in [3.63, 3.8) is 0 Å². The van der Waals surface area contributed by atoms with Gasteiger partial charge in [0.15, 0.2) is 5.17 Å². The molecule has 0 aliphatic carbocycles. The second-order valence-electron chi connectivity index (χ2n) is 9.86. The third-order valence-corrected chi connectivity index (χ3v) is 8.76. The summed E-state index contributed by atoms with van der Waals surface area (Å²) in [6.45, 7) is 10.7. The predicted molar refractivity (Wildman–Crippen MR) is 126 cm³/mol. The molecule has 1 N–H and O–H groups in total. The summed E-state index contributed by atoms with van der Waals surface area (Å²) in [6, 6.07) is -0.273. The molecule has 2 fully saturated rings. The lowest BCUT2D eigenvalue weighted by atomic mass is 9.79. The molecule has 0 unspecified atom stereocenters.